The number of rotatable bonds is 7. The highest BCUT2D eigenvalue weighted by molar-refractivity contribution is 7.99. The highest BCUT2D eigenvalue weighted by Crippen LogP contribution is 2.43. The number of thiocarbonyl (C=S) groups is 1. The fourth-order valence-electron chi connectivity index (χ4n) is 4.85. The molecule has 7 nitrogen and oxygen atoms in total. The molecule has 40 heavy (non-hydrogen) atoms. The lowest BCUT2D eigenvalue weighted by molar-refractivity contribution is -0.384. The maximum absolute atomic E-state index is 13.7. The van der Waals surface area contributed by atoms with Gasteiger partial charge in [-0.3, -0.25) is 15.1 Å². The summed E-state index contributed by atoms with van der Waals surface area (Å²) in [6.45, 7) is 0. The molecule has 2 atom stereocenters. The van der Waals surface area contributed by atoms with Gasteiger partial charge < -0.3 is 14.8 Å². The Bertz CT molecular complexity index is 1660. The maximum Gasteiger partial charge on any atom is 0.269 e. The second kappa shape index (κ2) is 10.9. The molecule has 1 N–H and O–H groups in total. The van der Waals surface area contributed by atoms with E-state index >= 15 is 0 Å². The van der Waals surface area contributed by atoms with Crippen LogP contribution in [0.4, 0.5) is 15.8 Å². The normalized spacial score (nSPS) is 16.6. The van der Waals surface area contributed by atoms with Crippen molar-refractivity contribution in [1.29, 1.82) is 0 Å². The number of non-ortho nitro benzene ring substituents is 1. The zero-order valence-corrected chi connectivity index (χ0v) is 22.6. The first kappa shape index (κ1) is 25.7. The summed E-state index contributed by atoms with van der Waals surface area (Å²) in [7, 11) is 0. The number of hydrogen-bond acceptors (Lipinski definition) is 5. The molecule has 0 radical (unpaired) electrons. The number of nitrogens with zero attached hydrogens (tertiary/aromatic N) is 4. The first-order valence-corrected chi connectivity index (χ1v) is 13.7. The minimum Gasteiger partial charge on any atom is -0.351 e. The van der Waals surface area contributed by atoms with Gasteiger partial charge in [0, 0.05) is 51.4 Å². The molecule has 0 amide bonds. The molecule has 3 heterocycles. The summed E-state index contributed by atoms with van der Waals surface area (Å²) in [5.41, 5.74) is 3.64. The van der Waals surface area contributed by atoms with E-state index in [0.29, 0.717) is 5.11 Å². The van der Waals surface area contributed by atoms with Gasteiger partial charge in [-0.1, -0.05) is 17.8 Å². The van der Waals surface area contributed by atoms with Gasteiger partial charge in [0.2, 0.25) is 0 Å². The first-order valence-electron chi connectivity index (χ1n) is 12.4. The first-order chi connectivity index (χ1) is 19.5. The molecule has 0 aliphatic carbocycles. The fourth-order valence-corrected chi connectivity index (χ4v) is 6.01. The number of nitro benzene ring substituents is 1. The summed E-state index contributed by atoms with van der Waals surface area (Å²) >= 11 is 7.39. The Morgan fingerprint density at radius 3 is 2.20 bits per heavy atom. The molecular weight excluding hydrogens is 545 g/mol. The minimum absolute atomic E-state index is 0.0635. The van der Waals surface area contributed by atoms with Crippen LogP contribution in [-0.2, 0) is 0 Å². The summed E-state index contributed by atoms with van der Waals surface area (Å²) in [5.74, 6) is -0.291. The van der Waals surface area contributed by atoms with Gasteiger partial charge in [0.1, 0.15) is 11.9 Å². The molecule has 5 aromatic rings. The molecule has 1 aliphatic rings. The van der Waals surface area contributed by atoms with E-state index in [0.717, 1.165) is 32.6 Å². The lowest BCUT2D eigenvalue weighted by Crippen LogP contribution is -2.30. The highest BCUT2D eigenvalue weighted by Gasteiger charge is 2.42. The van der Waals surface area contributed by atoms with Gasteiger partial charge in [-0.15, -0.1) is 0 Å². The zero-order valence-electron chi connectivity index (χ0n) is 20.9. The topological polar surface area (TPSA) is 76.2 Å². The average Bonchev–Trinajstić information content (AvgIpc) is 3.59. The number of halogens is 1. The number of nitrogens with one attached hydrogen (secondary N) is 1. The number of anilines is 1. The lowest BCUT2D eigenvalue weighted by Gasteiger charge is -2.29. The van der Waals surface area contributed by atoms with Crippen LogP contribution in [0.15, 0.2) is 125 Å². The summed E-state index contributed by atoms with van der Waals surface area (Å²) < 4.78 is 15.7. The maximum atomic E-state index is 13.7. The number of benzene rings is 3. The number of hydrogen-bond donors (Lipinski definition) is 1. The standard InChI is InChI=1S/C30H22FN5O2S2/c31-20-6-8-21(9-7-20)34-19-3-5-27(34)29-28(26-4-1-2-18-32-26)33-30(39)35(29)22-10-14-24(15-11-22)40-25-16-12-23(13-17-25)36(37)38/h1-19,28-29H,(H,33,39)/t28-,29-/m0/s1. The fraction of sp³-hybridized carbons (Fsp3) is 0.0667. The number of pyridine rings is 1. The Morgan fingerprint density at radius 1 is 0.875 bits per heavy atom. The van der Waals surface area contributed by atoms with Gasteiger partial charge >= 0.3 is 0 Å². The third-order valence-electron chi connectivity index (χ3n) is 6.68. The van der Waals surface area contributed by atoms with Crippen molar-refractivity contribution in [2.75, 3.05) is 4.90 Å². The van der Waals surface area contributed by atoms with Crippen molar-refractivity contribution in [2.45, 2.75) is 21.9 Å². The molecule has 2 aromatic heterocycles. The van der Waals surface area contributed by atoms with Gasteiger partial charge in [-0.2, -0.15) is 0 Å². The largest absolute Gasteiger partial charge is 0.351 e. The van der Waals surface area contributed by atoms with E-state index in [2.05, 4.69) is 15.2 Å². The Morgan fingerprint density at radius 2 is 1.55 bits per heavy atom. The van der Waals surface area contributed by atoms with E-state index in [1.165, 1.54) is 36.0 Å². The van der Waals surface area contributed by atoms with Crippen LogP contribution in [0.1, 0.15) is 23.5 Å². The van der Waals surface area contributed by atoms with Crippen molar-refractivity contribution in [3.8, 4) is 5.69 Å². The van der Waals surface area contributed by atoms with E-state index in [1.807, 2.05) is 65.4 Å². The van der Waals surface area contributed by atoms with Gasteiger partial charge in [0.25, 0.3) is 5.69 Å². The SMILES string of the molecule is O=[N+]([O-])c1ccc(Sc2ccc(N3C(=S)N[C@@H](c4ccccn4)[C@@H]3c3cccn3-c3ccc(F)cc3)cc2)cc1. The van der Waals surface area contributed by atoms with Crippen molar-refractivity contribution in [3.05, 3.63) is 143 Å². The molecule has 10 heteroatoms. The Hall–Kier alpha value is -4.54. The van der Waals surface area contributed by atoms with E-state index in [4.69, 9.17) is 12.2 Å². The molecule has 1 aliphatic heterocycles. The van der Waals surface area contributed by atoms with Crippen LogP contribution < -0.4 is 10.2 Å². The van der Waals surface area contributed by atoms with Crippen molar-refractivity contribution in [3.63, 3.8) is 0 Å². The van der Waals surface area contributed by atoms with E-state index < -0.39 is 4.92 Å². The molecule has 0 bridgehead atoms. The summed E-state index contributed by atoms with van der Waals surface area (Å²) in [6.07, 6.45) is 3.73. The van der Waals surface area contributed by atoms with Gasteiger partial charge in [0.15, 0.2) is 5.11 Å². The number of aromatic nitrogens is 2. The third-order valence-corrected chi connectivity index (χ3v) is 8.01. The van der Waals surface area contributed by atoms with Crippen molar-refractivity contribution >= 4 is 40.5 Å². The lowest BCUT2D eigenvalue weighted by atomic mass is 10.0. The summed E-state index contributed by atoms with van der Waals surface area (Å²) in [6, 6.07) is 30.3. The molecular formula is C30H22FN5O2S2. The van der Waals surface area contributed by atoms with Crippen molar-refractivity contribution in [2.24, 2.45) is 0 Å². The monoisotopic (exact) mass is 567 g/mol. The molecule has 0 saturated carbocycles. The Kier molecular flexibility index (Phi) is 7.02. The van der Waals surface area contributed by atoms with Crippen LogP contribution in [0.25, 0.3) is 5.69 Å². The quantitative estimate of drug-likeness (QED) is 0.126. The number of nitro groups is 1. The molecule has 198 valence electrons. The van der Waals surface area contributed by atoms with Crippen LogP contribution in [-0.4, -0.2) is 19.6 Å². The zero-order chi connectivity index (χ0) is 27.6. The van der Waals surface area contributed by atoms with Gasteiger partial charge in [-0.05, 0) is 97.1 Å². The van der Waals surface area contributed by atoms with Crippen LogP contribution >= 0.6 is 24.0 Å². The highest BCUT2D eigenvalue weighted by atomic mass is 32.2. The average molecular weight is 568 g/mol. The van der Waals surface area contributed by atoms with E-state index in [1.54, 1.807) is 30.5 Å². The minimum atomic E-state index is -0.405. The van der Waals surface area contributed by atoms with Crippen LogP contribution in [0.5, 0.6) is 0 Å². The van der Waals surface area contributed by atoms with Gasteiger partial charge in [-0.25, -0.2) is 4.39 Å². The molecule has 1 saturated heterocycles. The van der Waals surface area contributed by atoms with E-state index in [-0.39, 0.29) is 23.6 Å². The second-order valence-corrected chi connectivity index (χ2v) is 10.7. The molecule has 0 unspecified atom stereocenters. The van der Waals surface area contributed by atoms with E-state index in [9.17, 15) is 14.5 Å². The van der Waals surface area contributed by atoms with Crippen LogP contribution in [0.3, 0.4) is 0 Å². The second-order valence-electron chi connectivity index (χ2n) is 9.12. The predicted molar refractivity (Wildman–Crippen MR) is 157 cm³/mol. The van der Waals surface area contributed by atoms with Crippen molar-refractivity contribution in [1.82, 2.24) is 14.9 Å². The molecule has 6 rings (SSSR count). The smallest absolute Gasteiger partial charge is 0.269 e. The summed E-state index contributed by atoms with van der Waals surface area (Å²) in [5, 5.41) is 15.0. The van der Waals surface area contributed by atoms with Crippen LogP contribution in [0.2, 0.25) is 0 Å². The van der Waals surface area contributed by atoms with Crippen molar-refractivity contribution < 1.29 is 9.31 Å². The van der Waals surface area contributed by atoms with Gasteiger partial charge in [0.05, 0.1) is 16.7 Å². The Labute approximate surface area is 239 Å². The van der Waals surface area contributed by atoms with Crippen LogP contribution in [0, 0.1) is 15.9 Å². The summed E-state index contributed by atoms with van der Waals surface area (Å²) in [4.78, 5) is 19.2. The molecule has 1 fully saturated rings. The molecule has 3 aromatic carbocycles. The predicted octanol–water partition coefficient (Wildman–Crippen LogP) is 7.25. The third kappa shape index (κ3) is 5.06. The Balaban J connectivity index is 1.35. The molecule has 0 spiro atoms.